The molecule has 0 amide bonds. The van der Waals surface area contributed by atoms with Crippen molar-refractivity contribution < 1.29 is 9.53 Å². The number of esters is 1. The molecule has 0 atom stereocenters. The summed E-state index contributed by atoms with van der Waals surface area (Å²) in [6.07, 6.45) is 6.63. The van der Waals surface area contributed by atoms with E-state index in [1.165, 1.54) is 50.8 Å². The molecule has 0 radical (unpaired) electrons. The zero-order valence-electron chi connectivity index (χ0n) is 18.0. The Hall–Kier alpha value is -3.09. The van der Waals surface area contributed by atoms with Gasteiger partial charge in [0.2, 0.25) is 0 Å². The highest BCUT2D eigenvalue weighted by Gasteiger charge is 2.46. The normalized spacial score (nSPS) is 17.2. The first kappa shape index (κ1) is 19.6. The summed E-state index contributed by atoms with van der Waals surface area (Å²) in [5.41, 5.74) is 0.0655. The van der Waals surface area contributed by atoms with Gasteiger partial charge in [0.25, 0.3) is 0 Å². The number of rotatable bonds is 3. The summed E-state index contributed by atoms with van der Waals surface area (Å²) in [6.45, 7) is 0. The fourth-order valence-electron chi connectivity index (χ4n) is 4.74. The molecule has 2 fully saturated rings. The molecular formula is C29H25O2S+. The van der Waals surface area contributed by atoms with E-state index in [9.17, 15) is 4.79 Å². The highest BCUT2D eigenvalue weighted by atomic mass is 32.2. The molecule has 2 saturated carbocycles. The van der Waals surface area contributed by atoms with Crippen molar-refractivity contribution in [2.45, 2.75) is 44.1 Å². The molecule has 6 rings (SSSR count). The summed E-state index contributed by atoms with van der Waals surface area (Å²) in [6, 6.07) is 25.3. The number of thiophene rings is 1. The van der Waals surface area contributed by atoms with E-state index >= 15 is 0 Å². The van der Waals surface area contributed by atoms with Crippen LogP contribution in [0.3, 0.4) is 0 Å². The summed E-state index contributed by atoms with van der Waals surface area (Å²) >= 11 is 0. The number of hydrogen-bond donors (Lipinski definition) is 0. The lowest BCUT2D eigenvalue weighted by Crippen LogP contribution is -2.18. The van der Waals surface area contributed by atoms with Crippen LogP contribution in [0.2, 0.25) is 0 Å². The average molecular weight is 438 g/mol. The Morgan fingerprint density at radius 3 is 2.03 bits per heavy atom. The van der Waals surface area contributed by atoms with E-state index in [-0.39, 0.29) is 16.4 Å². The molecule has 3 heteroatoms. The largest absolute Gasteiger partial charge is 0.442 e. The molecule has 0 saturated heterocycles. The van der Waals surface area contributed by atoms with Crippen molar-refractivity contribution in [1.82, 2.24) is 0 Å². The number of hydrogen-bond acceptors (Lipinski definition) is 2. The third kappa shape index (κ3) is 3.49. The molecule has 0 spiro atoms. The molecule has 1 aromatic heterocycles. The molecule has 2 aliphatic rings. The summed E-state index contributed by atoms with van der Waals surface area (Å²) < 4.78 is 8.56. The smallest absolute Gasteiger partial charge is 0.339 e. The highest BCUT2D eigenvalue weighted by molar-refractivity contribution is 7.50. The summed E-state index contributed by atoms with van der Waals surface area (Å²) in [5.74, 6) is 6.91. The van der Waals surface area contributed by atoms with E-state index < -0.39 is 5.60 Å². The van der Waals surface area contributed by atoms with E-state index in [1.807, 2.05) is 12.1 Å². The Bertz CT molecular complexity index is 1320. The van der Waals surface area contributed by atoms with Gasteiger partial charge in [-0.25, -0.2) is 4.79 Å². The van der Waals surface area contributed by atoms with Gasteiger partial charge in [0.05, 0.1) is 5.56 Å². The number of fused-ring (bicyclic) bond motifs is 3. The van der Waals surface area contributed by atoms with Crippen molar-refractivity contribution in [3.8, 4) is 16.7 Å². The van der Waals surface area contributed by atoms with Crippen molar-refractivity contribution >= 4 is 36.6 Å². The third-order valence-electron chi connectivity index (χ3n) is 6.68. The molecule has 0 N–H and O–H groups in total. The maximum absolute atomic E-state index is 12.8. The quantitative estimate of drug-likeness (QED) is 0.187. The van der Waals surface area contributed by atoms with Gasteiger partial charge in [0.1, 0.15) is 0 Å². The van der Waals surface area contributed by atoms with Crippen LogP contribution in [0, 0.1) is 17.8 Å². The highest BCUT2D eigenvalue weighted by Crippen LogP contribution is 2.48. The fraction of sp³-hybridized carbons (Fsp3) is 0.276. The van der Waals surface area contributed by atoms with Gasteiger partial charge in [-0.3, -0.25) is 0 Å². The van der Waals surface area contributed by atoms with E-state index in [0.29, 0.717) is 11.5 Å². The zero-order valence-corrected chi connectivity index (χ0v) is 18.8. The molecule has 0 unspecified atom stereocenters. The van der Waals surface area contributed by atoms with Crippen molar-refractivity contribution in [2.75, 3.05) is 0 Å². The second kappa shape index (κ2) is 7.80. The Morgan fingerprint density at radius 1 is 0.844 bits per heavy atom. The second-order valence-corrected chi connectivity index (χ2v) is 10.9. The minimum Gasteiger partial charge on any atom is -0.442 e. The Kier molecular flexibility index (Phi) is 4.77. The Balaban J connectivity index is 1.28. The zero-order chi connectivity index (χ0) is 21.5. The van der Waals surface area contributed by atoms with Crippen LogP contribution < -0.4 is 0 Å². The minimum absolute atomic E-state index is 0.148. The van der Waals surface area contributed by atoms with Gasteiger partial charge in [-0.2, -0.15) is 0 Å². The first-order valence-electron chi connectivity index (χ1n) is 11.5. The summed E-state index contributed by atoms with van der Waals surface area (Å²) in [7, 11) is -0.148. The van der Waals surface area contributed by atoms with Gasteiger partial charge in [-0.15, -0.1) is 0 Å². The Morgan fingerprint density at radius 2 is 1.44 bits per heavy atom. The van der Waals surface area contributed by atoms with Gasteiger partial charge in [-0.1, -0.05) is 48.9 Å². The molecule has 2 nitrogen and oxygen atoms in total. The van der Waals surface area contributed by atoms with E-state index in [4.69, 9.17) is 4.74 Å². The molecule has 0 bridgehead atoms. The van der Waals surface area contributed by atoms with E-state index in [0.717, 1.165) is 12.8 Å². The van der Waals surface area contributed by atoms with Crippen LogP contribution >= 0.6 is 10.5 Å². The lowest BCUT2D eigenvalue weighted by Gasteiger charge is -2.10. The van der Waals surface area contributed by atoms with Crippen molar-refractivity contribution in [2.24, 2.45) is 5.92 Å². The molecule has 32 heavy (non-hydrogen) atoms. The SMILES string of the molecule is O=C(OC1(C#CC2CCCC2)CC1)c1ccc(-[s+]2c3ccccc3c3ccccc32)cc1. The number of carbonyl (C=O) groups excluding carboxylic acids is 1. The second-order valence-electron chi connectivity index (χ2n) is 8.96. The van der Waals surface area contributed by atoms with Gasteiger partial charge < -0.3 is 4.74 Å². The lowest BCUT2D eigenvalue weighted by molar-refractivity contribution is 0.0361. The van der Waals surface area contributed by atoms with Crippen LogP contribution in [-0.4, -0.2) is 11.6 Å². The first-order chi connectivity index (χ1) is 15.7. The van der Waals surface area contributed by atoms with Crippen molar-refractivity contribution in [3.63, 3.8) is 0 Å². The van der Waals surface area contributed by atoms with Crippen LogP contribution in [0.1, 0.15) is 48.9 Å². The molecule has 0 aliphatic heterocycles. The fourth-order valence-corrected chi connectivity index (χ4v) is 7.12. The van der Waals surface area contributed by atoms with Crippen LogP contribution in [0.15, 0.2) is 72.8 Å². The van der Waals surface area contributed by atoms with Gasteiger partial charge in [-0.05, 0) is 61.4 Å². The monoisotopic (exact) mass is 437 g/mol. The van der Waals surface area contributed by atoms with Crippen LogP contribution in [0.25, 0.3) is 25.1 Å². The topological polar surface area (TPSA) is 26.3 Å². The maximum Gasteiger partial charge on any atom is 0.339 e. The Labute approximate surface area is 191 Å². The minimum atomic E-state index is -0.538. The first-order valence-corrected chi connectivity index (χ1v) is 12.7. The van der Waals surface area contributed by atoms with Crippen molar-refractivity contribution in [1.29, 1.82) is 0 Å². The molecular weight excluding hydrogens is 412 g/mol. The van der Waals surface area contributed by atoms with Gasteiger partial charge in [0.15, 0.2) is 19.9 Å². The van der Waals surface area contributed by atoms with Gasteiger partial charge >= 0.3 is 5.97 Å². The summed E-state index contributed by atoms with van der Waals surface area (Å²) in [4.78, 5) is 14.1. The van der Waals surface area contributed by atoms with Crippen molar-refractivity contribution in [3.05, 3.63) is 78.4 Å². The number of carbonyl (C=O) groups is 1. The predicted octanol–water partition coefficient (Wildman–Crippen LogP) is 7.61. The van der Waals surface area contributed by atoms with E-state index in [2.05, 4.69) is 72.5 Å². The van der Waals surface area contributed by atoms with Crippen LogP contribution in [0.5, 0.6) is 0 Å². The lowest BCUT2D eigenvalue weighted by atomic mass is 10.1. The van der Waals surface area contributed by atoms with Crippen LogP contribution in [0.4, 0.5) is 0 Å². The van der Waals surface area contributed by atoms with Crippen LogP contribution in [-0.2, 0) is 4.74 Å². The predicted molar refractivity (Wildman–Crippen MR) is 132 cm³/mol. The van der Waals surface area contributed by atoms with Gasteiger partial charge in [0, 0.05) is 40.0 Å². The molecule has 4 aromatic rings. The molecule has 158 valence electrons. The standard InChI is InChI=1S/C29H25O2S/c30-28(31-29(19-20-29)18-17-21-7-1-2-8-21)22-13-15-23(16-14-22)32-26-11-5-3-9-24(26)25-10-4-6-12-27(25)32/h3-6,9-16,21H,1-2,7-8,19-20H2/q+1. The third-order valence-corrected chi connectivity index (χ3v) is 9.02. The molecule has 2 aliphatic carbocycles. The maximum atomic E-state index is 12.8. The molecule has 1 heterocycles. The summed E-state index contributed by atoms with van der Waals surface area (Å²) in [5, 5.41) is 2.62. The van der Waals surface area contributed by atoms with E-state index in [1.54, 1.807) is 0 Å². The number of ether oxygens (including phenoxy) is 1. The average Bonchev–Trinajstić information content (AvgIpc) is 3.26. The molecule has 3 aromatic carbocycles. The number of benzene rings is 3.